The highest BCUT2D eigenvalue weighted by molar-refractivity contribution is 5.76. The van der Waals surface area contributed by atoms with E-state index in [0.717, 1.165) is 43.5 Å². The van der Waals surface area contributed by atoms with E-state index in [4.69, 9.17) is 9.47 Å². The van der Waals surface area contributed by atoms with Crippen molar-refractivity contribution in [3.8, 4) is 5.75 Å². The van der Waals surface area contributed by atoms with Gasteiger partial charge in [-0.1, -0.05) is 26.0 Å². The first-order valence-electron chi connectivity index (χ1n) is 9.38. The quantitative estimate of drug-likeness (QED) is 0.660. The molecule has 4 heteroatoms. The highest BCUT2D eigenvalue weighted by atomic mass is 16.5. The van der Waals surface area contributed by atoms with Gasteiger partial charge in [-0.2, -0.15) is 0 Å². The lowest BCUT2D eigenvalue weighted by Gasteiger charge is -2.18. The topological polar surface area (TPSA) is 47.6 Å². The Morgan fingerprint density at radius 2 is 2.04 bits per heavy atom. The molecule has 0 amide bonds. The highest BCUT2D eigenvalue weighted by Gasteiger charge is 2.20. The lowest BCUT2D eigenvalue weighted by molar-refractivity contribution is -0.146. The number of carbonyl (C=O) groups excluding carboxylic acids is 1. The van der Waals surface area contributed by atoms with Gasteiger partial charge in [-0.25, -0.2) is 0 Å². The van der Waals surface area contributed by atoms with Crippen molar-refractivity contribution in [3.05, 3.63) is 29.8 Å². The first kappa shape index (κ1) is 18.8. The number of carbonyl (C=O) groups is 1. The molecule has 1 aromatic rings. The van der Waals surface area contributed by atoms with Crippen molar-refractivity contribution < 1.29 is 14.3 Å². The lowest BCUT2D eigenvalue weighted by Crippen LogP contribution is -2.40. The summed E-state index contributed by atoms with van der Waals surface area (Å²) in [4.78, 5) is 12.3. The monoisotopic (exact) mass is 333 g/mol. The smallest absolute Gasteiger partial charge is 0.323 e. The maximum Gasteiger partial charge on any atom is 0.323 e. The van der Waals surface area contributed by atoms with E-state index in [2.05, 4.69) is 24.4 Å². The van der Waals surface area contributed by atoms with E-state index in [1.807, 2.05) is 19.1 Å². The SMILES string of the molecule is CCCN[C@@H](Cc1cccc(OC2CCCC2)c1)C(=O)OCCC. The molecule has 1 fully saturated rings. The summed E-state index contributed by atoms with van der Waals surface area (Å²) in [6.45, 7) is 5.39. The van der Waals surface area contributed by atoms with Crippen LogP contribution in [0.5, 0.6) is 5.75 Å². The van der Waals surface area contributed by atoms with Crippen LogP contribution < -0.4 is 10.1 Å². The number of rotatable bonds is 10. The summed E-state index contributed by atoms with van der Waals surface area (Å²) in [6.07, 6.45) is 7.63. The second kappa shape index (κ2) is 10.3. The van der Waals surface area contributed by atoms with Crippen LogP contribution in [0.25, 0.3) is 0 Å². The zero-order chi connectivity index (χ0) is 17.2. The molecule has 0 radical (unpaired) electrons. The number of hydrogen-bond donors (Lipinski definition) is 1. The summed E-state index contributed by atoms with van der Waals surface area (Å²) >= 11 is 0. The van der Waals surface area contributed by atoms with Gasteiger partial charge in [-0.15, -0.1) is 0 Å². The second-order valence-electron chi connectivity index (χ2n) is 6.55. The third-order valence-electron chi connectivity index (χ3n) is 4.32. The Balaban J connectivity index is 1.97. The van der Waals surface area contributed by atoms with Gasteiger partial charge < -0.3 is 14.8 Å². The summed E-state index contributed by atoms with van der Waals surface area (Å²) in [6, 6.07) is 7.83. The van der Waals surface area contributed by atoms with Gasteiger partial charge in [0.1, 0.15) is 11.8 Å². The number of ether oxygens (including phenoxy) is 2. The van der Waals surface area contributed by atoms with Crippen LogP contribution in [0, 0.1) is 0 Å². The van der Waals surface area contributed by atoms with Crippen LogP contribution in [0.3, 0.4) is 0 Å². The minimum absolute atomic E-state index is 0.160. The van der Waals surface area contributed by atoms with Gasteiger partial charge >= 0.3 is 5.97 Å². The Labute approximate surface area is 145 Å². The Kier molecular flexibility index (Phi) is 8.10. The molecule has 1 aliphatic carbocycles. The molecular formula is C20H31NO3. The summed E-state index contributed by atoms with van der Waals surface area (Å²) in [5.74, 6) is 0.753. The minimum Gasteiger partial charge on any atom is -0.490 e. The Morgan fingerprint density at radius 1 is 1.25 bits per heavy atom. The largest absolute Gasteiger partial charge is 0.490 e. The standard InChI is InChI=1S/C20H31NO3/c1-3-12-21-19(20(22)23-13-4-2)15-16-8-7-11-18(14-16)24-17-9-5-6-10-17/h7-8,11,14,17,19,21H,3-6,9-10,12-13,15H2,1-2H3/t19-/m0/s1. The molecule has 1 saturated carbocycles. The number of esters is 1. The number of benzene rings is 1. The van der Waals surface area contributed by atoms with Gasteiger partial charge in [0.2, 0.25) is 0 Å². The zero-order valence-corrected chi connectivity index (χ0v) is 15.1. The molecule has 0 unspecified atom stereocenters. The van der Waals surface area contributed by atoms with E-state index in [-0.39, 0.29) is 12.0 Å². The van der Waals surface area contributed by atoms with Crippen molar-refractivity contribution in [3.63, 3.8) is 0 Å². The van der Waals surface area contributed by atoms with E-state index in [1.165, 1.54) is 12.8 Å². The van der Waals surface area contributed by atoms with Crippen molar-refractivity contribution in [2.75, 3.05) is 13.2 Å². The molecule has 1 aliphatic rings. The van der Waals surface area contributed by atoms with E-state index >= 15 is 0 Å². The molecule has 1 N–H and O–H groups in total. The third-order valence-corrected chi connectivity index (χ3v) is 4.32. The molecule has 1 aromatic carbocycles. The van der Waals surface area contributed by atoms with Crippen LogP contribution in [0.1, 0.15) is 57.9 Å². The predicted octanol–water partition coefficient (Wildman–Crippen LogP) is 3.87. The maximum absolute atomic E-state index is 12.3. The van der Waals surface area contributed by atoms with E-state index in [9.17, 15) is 4.79 Å². The molecular weight excluding hydrogens is 302 g/mol. The fourth-order valence-electron chi connectivity index (χ4n) is 3.04. The highest BCUT2D eigenvalue weighted by Crippen LogP contribution is 2.25. The fourth-order valence-corrected chi connectivity index (χ4v) is 3.04. The van der Waals surface area contributed by atoms with Crippen LogP contribution in [-0.2, 0) is 16.0 Å². The first-order valence-corrected chi connectivity index (χ1v) is 9.38. The van der Waals surface area contributed by atoms with Gasteiger partial charge in [0.25, 0.3) is 0 Å². The molecule has 24 heavy (non-hydrogen) atoms. The summed E-state index contributed by atoms with van der Waals surface area (Å²) < 4.78 is 11.4. The fraction of sp³-hybridized carbons (Fsp3) is 0.650. The first-order chi connectivity index (χ1) is 11.7. The van der Waals surface area contributed by atoms with Crippen molar-refractivity contribution in [1.29, 1.82) is 0 Å². The number of nitrogens with one attached hydrogen (secondary N) is 1. The van der Waals surface area contributed by atoms with Gasteiger partial charge in [0, 0.05) is 0 Å². The average Bonchev–Trinajstić information content (AvgIpc) is 3.09. The van der Waals surface area contributed by atoms with Crippen LogP contribution in [0.4, 0.5) is 0 Å². The zero-order valence-electron chi connectivity index (χ0n) is 15.1. The predicted molar refractivity (Wildman–Crippen MR) is 96.4 cm³/mol. The Morgan fingerprint density at radius 3 is 2.75 bits per heavy atom. The van der Waals surface area contributed by atoms with Crippen molar-refractivity contribution in [1.82, 2.24) is 5.32 Å². The van der Waals surface area contributed by atoms with Crippen LogP contribution >= 0.6 is 0 Å². The molecule has 0 aliphatic heterocycles. The van der Waals surface area contributed by atoms with E-state index in [0.29, 0.717) is 19.1 Å². The molecule has 0 saturated heterocycles. The van der Waals surface area contributed by atoms with E-state index < -0.39 is 0 Å². The van der Waals surface area contributed by atoms with Gasteiger partial charge in [0.05, 0.1) is 12.7 Å². The van der Waals surface area contributed by atoms with Crippen LogP contribution in [0.15, 0.2) is 24.3 Å². The van der Waals surface area contributed by atoms with Crippen molar-refractivity contribution in [2.24, 2.45) is 0 Å². The molecule has 0 bridgehead atoms. The molecule has 134 valence electrons. The van der Waals surface area contributed by atoms with Crippen LogP contribution in [0.2, 0.25) is 0 Å². The Hall–Kier alpha value is -1.55. The second-order valence-corrected chi connectivity index (χ2v) is 6.55. The Bertz CT molecular complexity index is 497. The molecule has 0 aromatic heterocycles. The number of hydrogen-bond acceptors (Lipinski definition) is 4. The molecule has 1 atom stereocenters. The molecule has 4 nitrogen and oxygen atoms in total. The van der Waals surface area contributed by atoms with Gasteiger partial charge in [0.15, 0.2) is 0 Å². The van der Waals surface area contributed by atoms with Gasteiger partial charge in [-0.05, 0) is 69.2 Å². The lowest BCUT2D eigenvalue weighted by atomic mass is 10.1. The van der Waals surface area contributed by atoms with Gasteiger partial charge in [-0.3, -0.25) is 4.79 Å². The average molecular weight is 333 g/mol. The molecule has 2 rings (SSSR count). The minimum atomic E-state index is -0.293. The van der Waals surface area contributed by atoms with Crippen molar-refractivity contribution in [2.45, 2.75) is 70.9 Å². The van der Waals surface area contributed by atoms with Crippen LogP contribution in [-0.4, -0.2) is 31.3 Å². The summed E-state index contributed by atoms with van der Waals surface area (Å²) in [7, 11) is 0. The maximum atomic E-state index is 12.3. The third kappa shape index (κ3) is 6.16. The summed E-state index contributed by atoms with van der Waals surface area (Å²) in [5, 5.41) is 3.30. The van der Waals surface area contributed by atoms with E-state index in [1.54, 1.807) is 0 Å². The van der Waals surface area contributed by atoms with Crippen molar-refractivity contribution >= 4 is 5.97 Å². The molecule has 0 spiro atoms. The normalized spacial score (nSPS) is 16.1. The summed E-state index contributed by atoms with van der Waals surface area (Å²) in [5.41, 5.74) is 1.10. The molecule has 0 heterocycles.